The van der Waals surface area contributed by atoms with Crippen molar-refractivity contribution >= 4 is 35.0 Å². The Morgan fingerprint density at radius 3 is 2.35 bits per heavy atom. The zero-order valence-electron chi connectivity index (χ0n) is 16.7. The highest BCUT2D eigenvalue weighted by Gasteiger charge is 2.26. The summed E-state index contributed by atoms with van der Waals surface area (Å²) in [5.74, 6) is 1.93. The Kier molecular flexibility index (Phi) is 6.26. The number of thioether (sulfide) groups is 1. The van der Waals surface area contributed by atoms with Crippen LogP contribution in [0.25, 0.3) is 0 Å². The summed E-state index contributed by atoms with van der Waals surface area (Å²) in [6, 6.07) is 9.42. The molecule has 0 saturated carbocycles. The molecule has 0 unspecified atom stereocenters. The fourth-order valence-corrected chi connectivity index (χ4v) is 4.32. The third-order valence-electron chi connectivity index (χ3n) is 5.03. The summed E-state index contributed by atoms with van der Waals surface area (Å²) < 4.78 is 10.8. The number of rotatable bonds is 5. The number of nitro benzene ring substituents is 1. The summed E-state index contributed by atoms with van der Waals surface area (Å²) in [4.78, 5) is 37.8. The van der Waals surface area contributed by atoms with E-state index in [1.807, 2.05) is 16.7 Å². The van der Waals surface area contributed by atoms with Gasteiger partial charge in [0.2, 0.25) is 5.91 Å². The molecule has 1 N–H and O–H groups in total. The van der Waals surface area contributed by atoms with Gasteiger partial charge in [-0.15, -0.1) is 0 Å². The Morgan fingerprint density at radius 1 is 1.06 bits per heavy atom. The number of carbonyl (C=O) groups excluding carboxylic acids is 2. The fourth-order valence-electron chi connectivity index (χ4n) is 3.41. The summed E-state index contributed by atoms with van der Waals surface area (Å²) in [6.07, 6.45) is 0.298. The summed E-state index contributed by atoms with van der Waals surface area (Å²) in [5, 5.41) is 14.1. The molecule has 0 aromatic heterocycles. The topological polar surface area (TPSA) is 111 Å². The van der Waals surface area contributed by atoms with Gasteiger partial charge in [0.05, 0.1) is 17.4 Å². The predicted octanol–water partition coefficient (Wildman–Crippen LogP) is 2.74. The van der Waals surface area contributed by atoms with Gasteiger partial charge in [0.15, 0.2) is 11.5 Å². The van der Waals surface area contributed by atoms with Gasteiger partial charge in [0, 0.05) is 36.3 Å². The Morgan fingerprint density at radius 2 is 1.71 bits per heavy atom. The monoisotopic (exact) mass is 443 g/mol. The molecule has 2 heterocycles. The van der Waals surface area contributed by atoms with Crippen molar-refractivity contribution in [3.8, 4) is 11.5 Å². The molecule has 9 nitrogen and oxygen atoms in total. The largest absolute Gasteiger partial charge is 0.486 e. The SMILES string of the molecule is O=C(Nc1ccc(CC(=O)N2CCSCC2)cc1)c1cc2c(cc1[N+](=O)[O-])OCCO2. The summed E-state index contributed by atoms with van der Waals surface area (Å²) in [7, 11) is 0. The van der Waals surface area contributed by atoms with Gasteiger partial charge >= 0.3 is 0 Å². The van der Waals surface area contributed by atoms with E-state index in [1.165, 1.54) is 12.1 Å². The van der Waals surface area contributed by atoms with Crippen molar-refractivity contribution in [1.29, 1.82) is 0 Å². The van der Waals surface area contributed by atoms with Crippen molar-refractivity contribution in [1.82, 2.24) is 4.90 Å². The van der Waals surface area contributed by atoms with Crippen LogP contribution < -0.4 is 14.8 Å². The summed E-state index contributed by atoms with van der Waals surface area (Å²) >= 11 is 1.85. The Labute approximate surface area is 182 Å². The van der Waals surface area contributed by atoms with Crippen LogP contribution in [0.4, 0.5) is 11.4 Å². The Balaban J connectivity index is 1.45. The average molecular weight is 443 g/mol. The number of benzene rings is 2. The van der Waals surface area contributed by atoms with Crippen LogP contribution in [0.5, 0.6) is 11.5 Å². The van der Waals surface area contributed by atoms with Crippen LogP contribution in [0.1, 0.15) is 15.9 Å². The zero-order chi connectivity index (χ0) is 21.8. The molecule has 0 radical (unpaired) electrons. The molecule has 31 heavy (non-hydrogen) atoms. The molecular formula is C21H21N3O6S. The maximum atomic E-state index is 12.7. The molecule has 2 aliphatic rings. The normalized spacial score (nSPS) is 15.3. The number of amides is 2. The molecule has 10 heteroatoms. The lowest BCUT2D eigenvalue weighted by molar-refractivity contribution is -0.385. The molecule has 0 spiro atoms. The number of nitro groups is 1. The number of fused-ring (bicyclic) bond motifs is 1. The summed E-state index contributed by atoms with van der Waals surface area (Å²) in [6.45, 7) is 2.14. The van der Waals surface area contributed by atoms with Crippen LogP contribution in [-0.4, -0.2) is 59.4 Å². The third kappa shape index (κ3) is 4.91. The van der Waals surface area contributed by atoms with Gasteiger partial charge in [-0.05, 0) is 17.7 Å². The minimum atomic E-state index is -0.627. The highest BCUT2D eigenvalue weighted by molar-refractivity contribution is 7.99. The van der Waals surface area contributed by atoms with E-state index in [4.69, 9.17) is 9.47 Å². The van der Waals surface area contributed by atoms with Gasteiger partial charge in [0.1, 0.15) is 18.8 Å². The van der Waals surface area contributed by atoms with Crippen molar-refractivity contribution < 1.29 is 24.0 Å². The first-order chi connectivity index (χ1) is 15.0. The van der Waals surface area contributed by atoms with Gasteiger partial charge in [-0.25, -0.2) is 0 Å². The third-order valence-corrected chi connectivity index (χ3v) is 5.98. The maximum Gasteiger partial charge on any atom is 0.286 e. The molecule has 0 atom stereocenters. The molecule has 1 saturated heterocycles. The van der Waals surface area contributed by atoms with Crippen LogP contribution >= 0.6 is 11.8 Å². The average Bonchev–Trinajstić information content (AvgIpc) is 2.80. The van der Waals surface area contributed by atoms with E-state index >= 15 is 0 Å². The second-order valence-electron chi connectivity index (χ2n) is 7.09. The van der Waals surface area contributed by atoms with Gasteiger partial charge in [-0.3, -0.25) is 19.7 Å². The molecular weight excluding hydrogens is 422 g/mol. The quantitative estimate of drug-likeness (QED) is 0.559. The molecule has 1 fully saturated rings. The first-order valence-corrected chi connectivity index (χ1v) is 11.0. The zero-order valence-corrected chi connectivity index (χ0v) is 17.5. The van der Waals surface area contributed by atoms with Crippen LogP contribution in [0.3, 0.4) is 0 Å². The minimum Gasteiger partial charge on any atom is -0.486 e. The van der Waals surface area contributed by atoms with E-state index in [1.54, 1.807) is 24.3 Å². The maximum absolute atomic E-state index is 12.7. The lowest BCUT2D eigenvalue weighted by atomic mass is 10.1. The smallest absolute Gasteiger partial charge is 0.286 e. The number of anilines is 1. The van der Waals surface area contributed by atoms with E-state index < -0.39 is 10.8 Å². The number of nitrogens with zero attached hydrogens (tertiary/aromatic N) is 2. The van der Waals surface area contributed by atoms with Crippen molar-refractivity contribution in [3.05, 3.63) is 57.6 Å². The van der Waals surface area contributed by atoms with Gasteiger partial charge in [0.25, 0.3) is 11.6 Å². The summed E-state index contributed by atoms with van der Waals surface area (Å²) in [5.41, 5.74) is 0.839. The number of carbonyl (C=O) groups is 2. The van der Waals surface area contributed by atoms with Crippen molar-refractivity contribution in [2.45, 2.75) is 6.42 Å². The van der Waals surface area contributed by atoms with Crippen LogP contribution in [-0.2, 0) is 11.2 Å². The highest BCUT2D eigenvalue weighted by atomic mass is 32.2. The number of hydrogen-bond donors (Lipinski definition) is 1. The number of hydrogen-bond acceptors (Lipinski definition) is 7. The lowest BCUT2D eigenvalue weighted by Crippen LogP contribution is -2.38. The molecule has 2 amide bonds. The van der Waals surface area contributed by atoms with Crippen LogP contribution in [0.2, 0.25) is 0 Å². The highest BCUT2D eigenvalue weighted by Crippen LogP contribution is 2.36. The molecule has 2 aliphatic heterocycles. The number of nitrogens with one attached hydrogen (secondary N) is 1. The molecule has 2 aromatic carbocycles. The standard InChI is InChI=1S/C21H21N3O6S/c25-20(23-5-9-31-10-6-23)11-14-1-3-15(4-2-14)22-21(26)16-12-18-19(30-8-7-29-18)13-17(16)24(27)28/h1-4,12-13H,5-11H2,(H,22,26). The molecule has 4 rings (SSSR count). The van der Waals surface area contributed by atoms with Crippen LogP contribution in [0, 0.1) is 10.1 Å². The molecule has 0 bridgehead atoms. The molecule has 0 aliphatic carbocycles. The van der Waals surface area contributed by atoms with E-state index in [0.29, 0.717) is 31.1 Å². The first-order valence-electron chi connectivity index (χ1n) is 9.85. The van der Waals surface area contributed by atoms with Crippen molar-refractivity contribution in [2.24, 2.45) is 0 Å². The van der Waals surface area contributed by atoms with Gasteiger partial charge in [-0.1, -0.05) is 12.1 Å². The van der Waals surface area contributed by atoms with E-state index in [-0.39, 0.29) is 22.9 Å². The minimum absolute atomic E-state index is 0.0870. The van der Waals surface area contributed by atoms with E-state index in [2.05, 4.69) is 5.32 Å². The second-order valence-corrected chi connectivity index (χ2v) is 8.32. The fraction of sp³-hybridized carbons (Fsp3) is 0.333. The molecule has 2 aromatic rings. The van der Waals surface area contributed by atoms with Crippen molar-refractivity contribution in [2.75, 3.05) is 43.1 Å². The van der Waals surface area contributed by atoms with Gasteiger partial charge in [-0.2, -0.15) is 11.8 Å². The predicted molar refractivity (Wildman–Crippen MR) is 116 cm³/mol. The van der Waals surface area contributed by atoms with E-state index in [9.17, 15) is 19.7 Å². The second kappa shape index (κ2) is 9.25. The van der Waals surface area contributed by atoms with Crippen LogP contribution in [0.15, 0.2) is 36.4 Å². The van der Waals surface area contributed by atoms with E-state index in [0.717, 1.165) is 30.2 Å². The molecule has 162 valence electrons. The number of ether oxygens (including phenoxy) is 2. The van der Waals surface area contributed by atoms with Crippen molar-refractivity contribution in [3.63, 3.8) is 0 Å². The first kappa shape index (κ1) is 21.0. The Hall–Kier alpha value is -3.27. The lowest BCUT2D eigenvalue weighted by Gasteiger charge is -2.26. The van der Waals surface area contributed by atoms with Gasteiger partial charge < -0.3 is 19.7 Å². The Bertz CT molecular complexity index is 1000.